The second-order valence-corrected chi connectivity index (χ2v) is 5.49. The van der Waals surface area contributed by atoms with Crippen LogP contribution in [0, 0.1) is 0 Å². The Morgan fingerprint density at radius 1 is 1.25 bits per heavy atom. The van der Waals surface area contributed by atoms with Crippen LogP contribution in [0.4, 0.5) is 0 Å². The Balaban J connectivity index is 1.98. The molecule has 0 spiro atoms. The third-order valence-electron chi connectivity index (χ3n) is 4.21. The van der Waals surface area contributed by atoms with E-state index in [-0.39, 0.29) is 0 Å². The summed E-state index contributed by atoms with van der Waals surface area (Å²) in [7, 11) is 0. The number of ether oxygens (including phenoxy) is 1. The number of hydrogen-bond acceptors (Lipinski definition) is 4. The lowest BCUT2D eigenvalue weighted by molar-refractivity contribution is -0.955. The van der Waals surface area contributed by atoms with Gasteiger partial charge in [0.15, 0.2) is 5.60 Å². The third kappa shape index (κ3) is 2.13. The fourth-order valence-corrected chi connectivity index (χ4v) is 3.19. The minimum absolute atomic E-state index is 0.422. The Hall–Kier alpha value is -1.40. The largest absolute Gasteiger partial charge is 0.373 e. The first kappa shape index (κ1) is 13.6. The summed E-state index contributed by atoms with van der Waals surface area (Å²) >= 11 is 0. The molecule has 1 saturated heterocycles. The van der Waals surface area contributed by atoms with Crippen molar-refractivity contribution in [1.29, 1.82) is 0 Å². The fourth-order valence-electron chi connectivity index (χ4n) is 3.19. The molecule has 0 unspecified atom stereocenters. The number of morpholine rings is 1. The maximum atomic E-state index is 11.2. The zero-order valence-electron chi connectivity index (χ0n) is 11.6. The molecule has 108 valence electrons. The highest BCUT2D eigenvalue weighted by atomic mass is 16.5. The van der Waals surface area contributed by atoms with Crippen LogP contribution < -0.4 is 4.90 Å². The van der Waals surface area contributed by atoms with E-state index in [2.05, 4.69) is 0 Å². The third-order valence-corrected chi connectivity index (χ3v) is 4.21. The van der Waals surface area contributed by atoms with E-state index in [0.29, 0.717) is 18.9 Å². The van der Waals surface area contributed by atoms with Crippen LogP contribution >= 0.6 is 0 Å². The Morgan fingerprint density at radius 2 is 1.90 bits per heavy atom. The SMILES string of the molecule is CC1=C[C@@](O)(c2ccccc2)[C@H]([NH+]2CCOCC2)N1O. The van der Waals surface area contributed by atoms with Crippen molar-refractivity contribution in [1.82, 2.24) is 5.06 Å². The van der Waals surface area contributed by atoms with E-state index in [0.717, 1.165) is 23.6 Å². The van der Waals surface area contributed by atoms with Crippen molar-refractivity contribution in [3.05, 3.63) is 47.7 Å². The summed E-state index contributed by atoms with van der Waals surface area (Å²) in [5.74, 6) is 0. The molecule has 3 rings (SSSR count). The number of hydroxylamine groups is 2. The lowest BCUT2D eigenvalue weighted by Crippen LogP contribution is -3.20. The van der Waals surface area contributed by atoms with Crippen LogP contribution in [-0.2, 0) is 10.3 Å². The van der Waals surface area contributed by atoms with Crippen molar-refractivity contribution >= 4 is 0 Å². The van der Waals surface area contributed by atoms with Gasteiger partial charge in [-0.25, -0.2) is 5.06 Å². The van der Waals surface area contributed by atoms with Crippen molar-refractivity contribution in [2.75, 3.05) is 26.3 Å². The van der Waals surface area contributed by atoms with Crippen molar-refractivity contribution in [3.63, 3.8) is 0 Å². The van der Waals surface area contributed by atoms with E-state index < -0.39 is 11.8 Å². The highest BCUT2D eigenvalue weighted by molar-refractivity contribution is 5.33. The highest BCUT2D eigenvalue weighted by Crippen LogP contribution is 2.35. The number of quaternary nitrogens is 1. The van der Waals surface area contributed by atoms with Gasteiger partial charge in [0.1, 0.15) is 13.1 Å². The minimum atomic E-state index is -1.17. The summed E-state index contributed by atoms with van der Waals surface area (Å²) in [6.07, 6.45) is 1.32. The molecule has 0 radical (unpaired) electrons. The predicted molar refractivity (Wildman–Crippen MR) is 73.0 cm³/mol. The topological polar surface area (TPSA) is 57.4 Å². The number of allylic oxidation sites excluding steroid dienone is 1. The van der Waals surface area contributed by atoms with Crippen molar-refractivity contribution in [3.8, 4) is 0 Å². The van der Waals surface area contributed by atoms with Gasteiger partial charge in [0.2, 0.25) is 6.17 Å². The molecule has 1 aromatic rings. The molecular formula is C15H21N2O3+. The van der Waals surface area contributed by atoms with E-state index in [1.54, 1.807) is 6.08 Å². The molecule has 0 aromatic heterocycles. The quantitative estimate of drug-likeness (QED) is 0.696. The van der Waals surface area contributed by atoms with Gasteiger partial charge in [-0.2, -0.15) is 0 Å². The minimum Gasteiger partial charge on any atom is -0.373 e. The molecule has 0 saturated carbocycles. The first-order chi connectivity index (χ1) is 9.63. The van der Waals surface area contributed by atoms with Crippen LogP contribution in [0.25, 0.3) is 0 Å². The fraction of sp³-hybridized carbons (Fsp3) is 0.467. The molecule has 5 nitrogen and oxygen atoms in total. The predicted octanol–water partition coefficient (Wildman–Crippen LogP) is -0.276. The number of nitrogens with zero attached hydrogens (tertiary/aromatic N) is 1. The van der Waals surface area contributed by atoms with Gasteiger partial charge in [-0.3, -0.25) is 5.21 Å². The molecule has 3 N–H and O–H groups in total. The van der Waals surface area contributed by atoms with Gasteiger partial charge < -0.3 is 14.7 Å². The number of rotatable bonds is 2. The molecule has 0 aliphatic carbocycles. The molecule has 1 aromatic carbocycles. The molecule has 0 amide bonds. The summed E-state index contributed by atoms with van der Waals surface area (Å²) in [6, 6.07) is 9.53. The van der Waals surface area contributed by atoms with Crippen molar-refractivity contribution in [2.45, 2.75) is 18.7 Å². The van der Waals surface area contributed by atoms with E-state index >= 15 is 0 Å². The summed E-state index contributed by atoms with van der Waals surface area (Å²) in [5.41, 5.74) is 0.312. The van der Waals surface area contributed by atoms with E-state index in [1.165, 1.54) is 5.06 Å². The maximum absolute atomic E-state index is 11.2. The van der Waals surface area contributed by atoms with Crippen LogP contribution in [0.15, 0.2) is 42.1 Å². The normalized spacial score (nSPS) is 31.4. The van der Waals surface area contributed by atoms with Crippen LogP contribution in [0.5, 0.6) is 0 Å². The second kappa shape index (κ2) is 5.18. The first-order valence-electron chi connectivity index (χ1n) is 7.01. The monoisotopic (exact) mass is 277 g/mol. The Bertz CT molecular complexity index is 499. The van der Waals surface area contributed by atoms with Gasteiger partial charge >= 0.3 is 0 Å². The van der Waals surface area contributed by atoms with Crippen LogP contribution in [0.2, 0.25) is 0 Å². The van der Waals surface area contributed by atoms with Gasteiger partial charge in [-0.05, 0) is 18.6 Å². The zero-order chi connectivity index (χ0) is 14.2. The van der Waals surface area contributed by atoms with Crippen LogP contribution in [0.1, 0.15) is 12.5 Å². The van der Waals surface area contributed by atoms with Gasteiger partial charge in [0.05, 0.1) is 13.2 Å². The number of hydrogen-bond donors (Lipinski definition) is 3. The summed E-state index contributed by atoms with van der Waals surface area (Å²) in [5, 5.41) is 22.7. The van der Waals surface area contributed by atoms with Gasteiger partial charge in [0, 0.05) is 5.70 Å². The molecule has 2 aliphatic rings. The van der Waals surface area contributed by atoms with Crippen LogP contribution in [0.3, 0.4) is 0 Å². The van der Waals surface area contributed by atoms with Crippen LogP contribution in [-0.4, -0.2) is 47.8 Å². The van der Waals surface area contributed by atoms with E-state index in [1.807, 2.05) is 37.3 Å². The smallest absolute Gasteiger partial charge is 0.223 e. The molecule has 2 atom stereocenters. The second-order valence-electron chi connectivity index (χ2n) is 5.49. The Kier molecular flexibility index (Phi) is 3.52. The number of benzene rings is 1. The summed E-state index contributed by atoms with van der Waals surface area (Å²) < 4.78 is 5.38. The Morgan fingerprint density at radius 3 is 2.55 bits per heavy atom. The zero-order valence-corrected chi connectivity index (χ0v) is 11.6. The molecule has 1 fully saturated rings. The molecule has 0 bridgehead atoms. The molecular weight excluding hydrogens is 256 g/mol. The van der Waals surface area contributed by atoms with Gasteiger partial charge in [-0.15, -0.1) is 0 Å². The summed E-state index contributed by atoms with van der Waals surface area (Å²) in [6.45, 7) is 4.68. The van der Waals surface area contributed by atoms with Crippen molar-refractivity contribution < 1.29 is 20.0 Å². The maximum Gasteiger partial charge on any atom is 0.223 e. The molecule has 2 heterocycles. The average molecular weight is 277 g/mol. The molecule has 2 aliphatic heterocycles. The van der Waals surface area contributed by atoms with Crippen molar-refractivity contribution in [2.24, 2.45) is 0 Å². The number of aliphatic hydroxyl groups is 1. The highest BCUT2D eigenvalue weighted by Gasteiger charge is 2.52. The van der Waals surface area contributed by atoms with Gasteiger partial charge in [-0.1, -0.05) is 30.3 Å². The average Bonchev–Trinajstić information content (AvgIpc) is 2.72. The lowest BCUT2D eigenvalue weighted by Gasteiger charge is -2.39. The number of nitrogens with one attached hydrogen (secondary N) is 1. The van der Waals surface area contributed by atoms with E-state index in [9.17, 15) is 10.3 Å². The van der Waals surface area contributed by atoms with Gasteiger partial charge in [0.25, 0.3) is 0 Å². The first-order valence-corrected chi connectivity index (χ1v) is 7.01. The standard InChI is InChI=1S/C15H20N2O3/c1-12-11-15(18,13-5-3-2-4-6-13)14(17(12)19)16-7-9-20-10-8-16/h2-6,11,14,18-19H,7-10H2,1H3/p+1/t14-,15-/m1/s1. The molecule has 5 heteroatoms. The lowest BCUT2D eigenvalue weighted by atomic mass is 9.91. The van der Waals surface area contributed by atoms with E-state index in [4.69, 9.17) is 4.74 Å². The summed E-state index contributed by atoms with van der Waals surface area (Å²) in [4.78, 5) is 1.14. The molecule has 20 heavy (non-hydrogen) atoms. The Labute approximate surface area is 118 Å².